The molecule has 0 saturated heterocycles. The van der Waals surface area contributed by atoms with Crippen molar-refractivity contribution in [2.24, 2.45) is 0 Å². The topological polar surface area (TPSA) is 26.3 Å². The van der Waals surface area contributed by atoms with Crippen LogP contribution in [0.25, 0.3) is 0 Å². The smallest absolute Gasteiger partial charge is 0.302 e. The fraction of sp³-hybridized carbons (Fsp3) is 0.400. The Morgan fingerprint density at radius 3 is 2.57 bits per heavy atom. The summed E-state index contributed by atoms with van der Waals surface area (Å²) in [6.07, 6.45) is 1.62. The Hall–Kier alpha value is -0.660. The lowest BCUT2D eigenvalue weighted by molar-refractivity contribution is 0.289. The van der Waals surface area contributed by atoms with E-state index in [0.717, 1.165) is 12.8 Å². The van der Waals surface area contributed by atoms with Crippen molar-refractivity contribution in [3.63, 3.8) is 0 Å². The van der Waals surface area contributed by atoms with Crippen molar-refractivity contribution in [3.05, 3.63) is 30.3 Å². The fourth-order valence-electron chi connectivity index (χ4n) is 1.01. The number of halogens is 1. The third-order valence-electron chi connectivity index (χ3n) is 1.82. The zero-order chi connectivity index (χ0) is 10.4. The minimum absolute atomic E-state index is 0.135. The molecule has 0 saturated carbocycles. The maximum absolute atomic E-state index is 13.5. The van der Waals surface area contributed by atoms with E-state index in [0.29, 0.717) is 0 Å². The van der Waals surface area contributed by atoms with E-state index >= 15 is 0 Å². The standard InChI is InChI=1S/C10H14FO2P/c1-2-3-9-13-14(11,12)10-7-5-4-6-8-10/h4-8H,2-3,9H2,1H3. The molecule has 0 aromatic heterocycles. The predicted molar refractivity (Wildman–Crippen MR) is 55.7 cm³/mol. The summed E-state index contributed by atoms with van der Waals surface area (Å²) in [5, 5.41) is 0.135. The van der Waals surface area contributed by atoms with Gasteiger partial charge in [0.05, 0.1) is 11.9 Å². The van der Waals surface area contributed by atoms with E-state index in [2.05, 4.69) is 0 Å². The molecule has 0 N–H and O–H groups in total. The van der Waals surface area contributed by atoms with Gasteiger partial charge in [-0.2, -0.15) is 4.20 Å². The van der Waals surface area contributed by atoms with E-state index in [1.54, 1.807) is 18.2 Å². The summed E-state index contributed by atoms with van der Waals surface area (Å²) in [4.78, 5) is 0. The first-order valence-electron chi connectivity index (χ1n) is 4.66. The molecule has 0 fully saturated rings. The van der Waals surface area contributed by atoms with Crippen LogP contribution in [0.2, 0.25) is 0 Å². The van der Waals surface area contributed by atoms with Crippen molar-refractivity contribution in [1.82, 2.24) is 0 Å². The number of benzene rings is 1. The first-order valence-corrected chi connectivity index (χ1v) is 6.18. The Morgan fingerprint density at radius 2 is 2.00 bits per heavy atom. The van der Waals surface area contributed by atoms with E-state index in [9.17, 15) is 8.76 Å². The summed E-state index contributed by atoms with van der Waals surface area (Å²) in [5.41, 5.74) is 0. The predicted octanol–water partition coefficient (Wildman–Crippen LogP) is 3.29. The van der Waals surface area contributed by atoms with Gasteiger partial charge in [0, 0.05) is 0 Å². The first-order chi connectivity index (χ1) is 6.67. The van der Waals surface area contributed by atoms with Gasteiger partial charge in [0.15, 0.2) is 0 Å². The lowest BCUT2D eigenvalue weighted by Crippen LogP contribution is -2.03. The number of hydrogen-bond acceptors (Lipinski definition) is 2. The van der Waals surface area contributed by atoms with Gasteiger partial charge in [0.2, 0.25) is 0 Å². The van der Waals surface area contributed by atoms with Crippen LogP contribution in [0.4, 0.5) is 4.20 Å². The monoisotopic (exact) mass is 216 g/mol. The Kier molecular flexibility index (Phi) is 4.30. The molecule has 1 unspecified atom stereocenters. The summed E-state index contributed by atoms with van der Waals surface area (Å²) in [5.74, 6) is 0. The maximum atomic E-state index is 13.5. The molecule has 0 spiro atoms. The highest BCUT2D eigenvalue weighted by molar-refractivity contribution is 7.61. The van der Waals surface area contributed by atoms with Crippen molar-refractivity contribution < 1.29 is 13.3 Å². The average Bonchev–Trinajstić information content (AvgIpc) is 2.19. The molecule has 0 heterocycles. The quantitative estimate of drug-likeness (QED) is 0.557. The summed E-state index contributed by atoms with van der Waals surface area (Å²) in [7, 11) is -4.07. The van der Waals surface area contributed by atoms with Crippen molar-refractivity contribution in [3.8, 4) is 0 Å². The number of hydrogen-bond donors (Lipinski definition) is 0. The van der Waals surface area contributed by atoms with Gasteiger partial charge in [-0.15, -0.1) is 0 Å². The van der Waals surface area contributed by atoms with E-state index in [4.69, 9.17) is 4.52 Å². The highest BCUT2D eigenvalue weighted by Crippen LogP contribution is 2.47. The Morgan fingerprint density at radius 1 is 1.36 bits per heavy atom. The highest BCUT2D eigenvalue weighted by atomic mass is 31.2. The van der Waals surface area contributed by atoms with Gasteiger partial charge in [0.1, 0.15) is 0 Å². The van der Waals surface area contributed by atoms with Crippen LogP contribution < -0.4 is 5.30 Å². The van der Waals surface area contributed by atoms with Gasteiger partial charge in [-0.1, -0.05) is 31.5 Å². The third kappa shape index (κ3) is 3.24. The summed E-state index contributed by atoms with van der Waals surface area (Å²) >= 11 is 0. The zero-order valence-corrected chi connectivity index (χ0v) is 9.04. The molecule has 14 heavy (non-hydrogen) atoms. The van der Waals surface area contributed by atoms with Gasteiger partial charge < -0.3 is 4.52 Å². The van der Waals surface area contributed by atoms with Crippen molar-refractivity contribution >= 4 is 13.0 Å². The van der Waals surface area contributed by atoms with E-state index < -0.39 is 7.68 Å². The van der Waals surface area contributed by atoms with Gasteiger partial charge in [-0.25, -0.2) is 4.57 Å². The minimum Gasteiger partial charge on any atom is -0.302 e. The molecule has 1 atom stereocenters. The van der Waals surface area contributed by atoms with Crippen molar-refractivity contribution in [2.45, 2.75) is 19.8 Å². The molecule has 0 bridgehead atoms. The van der Waals surface area contributed by atoms with Crippen LogP contribution >= 0.6 is 7.68 Å². The SMILES string of the molecule is CCCCOP(=O)(F)c1ccccc1. The van der Waals surface area contributed by atoms with E-state index in [-0.39, 0.29) is 11.9 Å². The highest BCUT2D eigenvalue weighted by Gasteiger charge is 2.24. The number of unbranched alkanes of at least 4 members (excludes halogenated alkanes) is 1. The average molecular weight is 216 g/mol. The Labute approximate surface area is 83.7 Å². The van der Waals surface area contributed by atoms with Crippen molar-refractivity contribution in [1.29, 1.82) is 0 Å². The Bertz CT molecular complexity index is 313. The van der Waals surface area contributed by atoms with Gasteiger partial charge >= 0.3 is 7.68 Å². The minimum atomic E-state index is -4.07. The van der Waals surface area contributed by atoms with Gasteiger partial charge in [0.25, 0.3) is 0 Å². The number of rotatable bonds is 5. The molecule has 1 aromatic carbocycles. The Balaban J connectivity index is 2.62. The van der Waals surface area contributed by atoms with Gasteiger partial charge in [-0.05, 0) is 18.6 Å². The second-order valence-corrected chi connectivity index (χ2v) is 4.74. The van der Waals surface area contributed by atoms with Crippen LogP contribution in [-0.4, -0.2) is 6.61 Å². The molecule has 78 valence electrons. The molecule has 0 aliphatic heterocycles. The van der Waals surface area contributed by atoms with E-state index in [1.807, 2.05) is 6.92 Å². The van der Waals surface area contributed by atoms with Crippen LogP contribution in [0.1, 0.15) is 19.8 Å². The second-order valence-electron chi connectivity index (χ2n) is 3.00. The third-order valence-corrected chi connectivity index (χ3v) is 3.25. The van der Waals surface area contributed by atoms with Crippen LogP contribution in [0, 0.1) is 0 Å². The van der Waals surface area contributed by atoms with Crippen LogP contribution in [-0.2, 0) is 9.09 Å². The lowest BCUT2D eigenvalue weighted by atomic mass is 10.4. The fourth-order valence-corrected chi connectivity index (χ4v) is 2.05. The normalized spacial score (nSPS) is 15.0. The molecule has 2 nitrogen and oxygen atoms in total. The molecule has 1 rings (SSSR count). The lowest BCUT2D eigenvalue weighted by Gasteiger charge is -2.08. The van der Waals surface area contributed by atoms with Crippen LogP contribution in [0.5, 0.6) is 0 Å². The first kappa shape index (κ1) is 11.4. The molecule has 0 aliphatic rings. The van der Waals surface area contributed by atoms with E-state index in [1.165, 1.54) is 12.1 Å². The summed E-state index contributed by atoms with van der Waals surface area (Å²) in [6, 6.07) is 7.99. The summed E-state index contributed by atoms with van der Waals surface area (Å²) < 4.78 is 29.6. The largest absolute Gasteiger partial charge is 0.397 e. The van der Waals surface area contributed by atoms with Crippen molar-refractivity contribution in [2.75, 3.05) is 6.61 Å². The molecule has 0 radical (unpaired) electrons. The van der Waals surface area contributed by atoms with Crippen LogP contribution in [0.3, 0.4) is 0 Å². The maximum Gasteiger partial charge on any atom is 0.397 e. The second kappa shape index (κ2) is 5.28. The van der Waals surface area contributed by atoms with Gasteiger partial charge in [-0.3, -0.25) is 0 Å². The molecular formula is C10H14FO2P. The molecule has 4 heteroatoms. The zero-order valence-electron chi connectivity index (χ0n) is 8.15. The molecule has 0 aliphatic carbocycles. The molecule has 0 amide bonds. The van der Waals surface area contributed by atoms with Crippen LogP contribution in [0.15, 0.2) is 30.3 Å². The molecule has 1 aromatic rings. The summed E-state index contributed by atoms with van der Waals surface area (Å²) in [6.45, 7) is 2.17. The molecular weight excluding hydrogens is 202 g/mol.